The van der Waals surface area contributed by atoms with E-state index in [0.29, 0.717) is 0 Å². The molecular formula is C14H23N3OS. The van der Waals surface area contributed by atoms with Crippen molar-refractivity contribution in [2.24, 2.45) is 0 Å². The molecule has 2 fully saturated rings. The van der Waals surface area contributed by atoms with Crippen LogP contribution in [0.4, 0.5) is 0 Å². The molecule has 4 nitrogen and oxygen atoms in total. The highest BCUT2D eigenvalue weighted by atomic mass is 32.1. The van der Waals surface area contributed by atoms with Crippen LogP contribution >= 0.6 is 11.3 Å². The van der Waals surface area contributed by atoms with Crippen molar-refractivity contribution in [1.82, 2.24) is 15.2 Å². The van der Waals surface area contributed by atoms with E-state index in [1.165, 1.54) is 28.4 Å². The van der Waals surface area contributed by atoms with E-state index >= 15 is 0 Å². The van der Waals surface area contributed by atoms with Gasteiger partial charge >= 0.3 is 0 Å². The Kier molecular flexibility index (Phi) is 4.17. The smallest absolute Gasteiger partial charge is 0.123 e. The first-order valence-electron chi connectivity index (χ1n) is 7.29. The van der Waals surface area contributed by atoms with E-state index in [2.05, 4.69) is 17.1 Å². The van der Waals surface area contributed by atoms with Crippen LogP contribution in [0.1, 0.15) is 47.4 Å². The predicted octanol–water partition coefficient (Wildman–Crippen LogP) is 2.13. The zero-order valence-corrected chi connectivity index (χ0v) is 12.6. The lowest BCUT2D eigenvalue weighted by molar-refractivity contribution is -0.0283. The third-order valence-corrected chi connectivity index (χ3v) is 5.08. The summed E-state index contributed by atoms with van der Waals surface area (Å²) in [6, 6.07) is 0. The van der Waals surface area contributed by atoms with Crippen LogP contribution in [0, 0.1) is 0 Å². The molecule has 106 valence electrons. The van der Waals surface area contributed by atoms with Crippen LogP contribution in [0.15, 0.2) is 0 Å². The number of hydrogen-bond acceptors (Lipinski definition) is 5. The Labute approximate surface area is 119 Å². The first-order chi connectivity index (χ1) is 9.31. The molecule has 0 amide bonds. The van der Waals surface area contributed by atoms with Crippen LogP contribution in [-0.4, -0.2) is 43.2 Å². The highest BCUT2D eigenvalue weighted by Crippen LogP contribution is 2.43. The lowest BCUT2D eigenvalue weighted by Gasteiger charge is -2.30. The van der Waals surface area contributed by atoms with E-state index in [9.17, 15) is 0 Å². The van der Waals surface area contributed by atoms with Crippen LogP contribution in [0.2, 0.25) is 0 Å². The maximum atomic E-state index is 5.93. The summed E-state index contributed by atoms with van der Waals surface area (Å²) < 4.78 is 5.93. The average Bonchev–Trinajstić information content (AvgIpc) is 3.21. The average molecular weight is 281 g/mol. The first kappa shape index (κ1) is 13.5. The van der Waals surface area contributed by atoms with Crippen molar-refractivity contribution in [1.29, 1.82) is 0 Å². The van der Waals surface area contributed by atoms with Crippen LogP contribution in [0.5, 0.6) is 0 Å². The van der Waals surface area contributed by atoms with E-state index < -0.39 is 0 Å². The van der Waals surface area contributed by atoms with Crippen molar-refractivity contribution in [2.45, 2.75) is 38.3 Å². The largest absolute Gasteiger partial charge is 0.368 e. The minimum atomic E-state index is 0.182. The van der Waals surface area contributed by atoms with Gasteiger partial charge in [0, 0.05) is 30.4 Å². The summed E-state index contributed by atoms with van der Waals surface area (Å²) in [5.74, 6) is 0.721. The number of hydrogen-bond donors (Lipinski definition) is 1. The summed E-state index contributed by atoms with van der Waals surface area (Å²) in [5, 5.41) is 4.45. The standard InChI is InChI=1S/C14H23N3OS/c1-3-17-6-7-18-11(9-17)14-16-13(10-4-5-10)12(19-14)8-15-2/h10-11,15H,3-9H2,1-2H3. The van der Waals surface area contributed by atoms with Crippen molar-refractivity contribution in [3.63, 3.8) is 0 Å². The van der Waals surface area contributed by atoms with Crippen molar-refractivity contribution in [3.05, 3.63) is 15.6 Å². The topological polar surface area (TPSA) is 37.4 Å². The number of likely N-dealkylation sites (N-methyl/N-ethyl adjacent to an activating group) is 1. The Balaban J connectivity index is 1.77. The highest BCUT2D eigenvalue weighted by molar-refractivity contribution is 7.11. The monoisotopic (exact) mass is 281 g/mol. The van der Waals surface area contributed by atoms with Crippen molar-refractivity contribution in [2.75, 3.05) is 33.3 Å². The molecular weight excluding hydrogens is 258 g/mol. The molecule has 1 N–H and O–H groups in total. The van der Waals surface area contributed by atoms with Gasteiger partial charge in [-0.1, -0.05) is 6.92 Å². The van der Waals surface area contributed by atoms with Gasteiger partial charge in [0.15, 0.2) is 0 Å². The van der Waals surface area contributed by atoms with Crippen LogP contribution < -0.4 is 5.32 Å². The van der Waals surface area contributed by atoms with Gasteiger partial charge in [0.25, 0.3) is 0 Å². The minimum absolute atomic E-state index is 0.182. The minimum Gasteiger partial charge on any atom is -0.368 e. The number of aromatic nitrogens is 1. The maximum Gasteiger partial charge on any atom is 0.123 e. The summed E-state index contributed by atoms with van der Waals surface area (Å²) in [5.41, 5.74) is 1.34. The normalized spacial score (nSPS) is 24.8. The molecule has 1 saturated heterocycles. The second kappa shape index (κ2) is 5.87. The molecule has 3 rings (SSSR count). The van der Waals surface area contributed by atoms with Crippen LogP contribution in [0.25, 0.3) is 0 Å². The number of nitrogens with zero attached hydrogens (tertiary/aromatic N) is 2. The fraction of sp³-hybridized carbons (Fsp3) is 0.786. The Morgan fingerprint density at radius 1 is 1.47 bits per heavy atom. The SMILES string of the molecule is CCN1CCOC(c2nc(C3CC3)c(CNC)s2)C1. The van der Waals surface area contributed by atoms with Gasteiger partial charge in [-0.05, 0) is 26.4 Å². The van der Waals surface area contributed by atoms with Crippen molar-refractivity contribution >= 4 is 11.3 Å². The van der Waals surface area contributed by atoms with Gasteiger partial charge in [0.2, 0.25) is 0 Å². The van der Waals surface area contributed by atoms with Gasteiger partial charge < -0.3 is 10.1 Å². The molecule has 1 atom stereocenters. The molecule has 1 aromatic rings. The van der Waals surface area contributed by atoms with E-state index in [0.717, 1.165) is 38.7 Å². The summed E-state index contributed by atoms with van der Waals surface area (Å²) >= 11 is 1.85. The zero-order valence-electron chi connectivity index (χ0n) is 11.8. The second-order valence-electron chi connectivity index (χ2n) is 5.42. The molecule has 0 radical (unpaired) electrons. The van der Waals surface area contributed by atoms with Crippen LogP contribution in [-0.2, 0) is 11.3 Å². The van der Waals surface area contributed by atoms with E-state index in [-0.39, 0.29) is 6.10 Å². The fourth-order valence-electron chi connectivity index (χ4n) is 2.62. The molecule has 1 aliphatic carbocycles. The van der Waals surface area contributed by atoms with Gasteiger partial charge in [-0.25, -0.2) is 4.98 Å². The first-order valence-corrected chi connectivity index (χ1v) is 8.11. The molecule has 19 heavy (non-hydrogen) atoms. The molecule has 1 unspecified atom stereocenters. The van der Waals surface area contributed by atoms with Crippen LogP contribution in [0.3, 0.4) is 0 Å². The number of ether oxygens (including phenoxy) is 1. The third kappa shape index (κ3) is 2.99. The van der Waals surface area contributed by atoms with Gasteiger partial charge in [-0.15, -0.1) is 11.3 Å². The van der Waals surface area contributed by atoms with Gasteiger partial charge in [0.05, 0.1) is 12.3 Å². The van der Waals surface area contributed by atoms with Gasteiger partial charge in [-0.2, -0.15) is 0 Å². The number of rotatable bonds is 5. The lowest BCUT2D eigenvalue weighted by Crippen LogP contribution is -2.38. The number of thiazole rings is 1. The van der Waals surface area contributed by atoms with E-state index in [1.807, 2.05) is 18.4 Å². The fourth-order valence-corrected chi connectivity index (χ4v) is 3.83. The molecule has 0 bridgehead atoms. The molecule has 1 aromatic heterocycles. The molecule has 0 aromatic carbocycles. The summed E-state index contributed by atoms with van der Waals surface area (Å²) in [6.45, 7) is 7.13. The number of morpholine rings is 1. The Bertz CT molecular complexity index is 430. The lowest BCUT2D eigenvalue weighted by atomic mass is 10.2. The summed E-state index contributed by atoms with van der Waals surface area (Å²) in [4.78, 5) is 8.77. The van der Waals surface area contributed by atoms with Crippen molar-refractivity contribution in [3.8, 4) is 0 Å². The second-order valence-corrected chi connectivity index (χ2v) is 6.53. The Morgan fingerprint density at radius 3 is 3.00 bits per heavy atom. The number of nitrogens with one attached hydrogen (secondary N) is 1. The zero-order chi connectivity index (χ0) is 13.2. The van der Waals surface area contributed by atoms with Gasteiger partial charge in [-0.3, -0.25) is 4.90 Å². The summed E-state index contributed by atoms with van der Waals surface area (Å²) in [6.07, 6.45) is 2.81. The Hall–Kier alpha value is -0.490. The Morgan fingerprint density at radius 2 is 2.32 bits per heavy atom. The van der Waals surface area contributed by atoms with Gasteiger partial charge in [0.1, 0.15) is 11.1 Å². The molecule has 2 heterocycles. The molecule has 2 aliphatic rings. The molecule has 0 spiro atoms. The molecule has 5 heteroatoms. The van der Waals surface area contributed by atoms with E-state index in [4.69, 9.17) is 9.72 Å². The van der Waals surface area contributed by atoms with E-state index in [1.54, 1.807) is 0 Å². The highest BCUT2D eigenvalue weighted by Gasteiger charge is 2.32. The third-order valence-electron chi connectivity index (χ3n) is 3.92. The molecule has 1 aliphatic heterocycles. The summed E-state index contributed by atoms with van der Waals surface area (Å²) in [7, 11) is 2.01. The predicted molar refractivity (Wildman–Crippen MR) is 77.7 cm³/mol. The quantitative estimate of drug-likeness (QED) is 0.897. The molecule has 1 saturated carbocycles. The van der Waals surface area contributed by atoms with Crippen molar-refractivity contribution < 1.29 is 4.74 Å². The maximum absolute atomic E-state index is 5.93.